The fraction of sp³-hybridized carbons (Fsp3) is 0.105. The minimum atomic E-state index is -3.74. The highest BCUT2D eigenvalue weighted by molar-refractivity contribution is 7.92. The summed E-state index contributed by atoms with van der Waals surface area (Å²) < 4.78 is 28.0. The molecule has 3 aromatic rings. The number of sulfonamides is 1. The molecule has 0 unspecified atom stereocenters. The fourth-order valence-corrected chi connectivity index (χ4v) is 4.35. The molecule has 2 aromatic carbocycles. The van der Waals surface area contributed by atoms with Gasteiger partial charge in [-0.3, -0.25) is 9.52 Å². The first-order valence-corrected chi connectivity index (χ1v) is 10.3. The third-order valence-electron chi connectivity index (χ3n) is 3.82. The monoisotopic (exact) mass is 387 g/mol. The summed E-state index contributed by atoms with van der Waals surface area (Å²) in [6.45, 7) is 0. The molecule has 0 amide bonds. The second kappa shape index (κ2) is 7.72. The number of aliphatic carboxylic acids is 1. The summed E-state index contributed by atoms with van der Waals surface area (Å²) in [5.41, 5.74) is 2.12. The third-order valence-corrected chi connectivity index (χ3v) is 6.10. The van der Waals surface area contributed by atoms with E-state index in [0.717, 1.165) is 16.0 Å². The van der Waals surface area contributed by atoms with Crippen LogP contribution in [0.1, 0.15) is 12.0 Å². The predicted molar refractivity (Wildman–Crippen MR) is 103 cm³/mol. The fourth-order valence-electron chi connectivity index (χ4n) is 2.51. The maximum absolute atomic E-state index is 12.7. The number of carbonyl (C=O) groups is 1. The molecule has 3 rings (SSSR count). The lowest BCUT2D eigenvalue weighted by Crippen LogP contribution is -2.13. The number of carboxylic acid groups (broad SMARTS) is 1. The Morgan fingerprint density at radius 1 is 1.00 bits per heavy atom. The number of hydrogen-bond donors (Lipinski definition) is 2. The molecule has 0 saturated heterocycles. The zero-order chi connectivity index (χ0) is 18.6. The van der Waals surface area contributed by atoms with Crippen molar-refractivity contribution in [2.24, 2.45) is 0 Å². The van der Waals surface area contributed by atoms with Crippen LogP contribution in [0, 0.1) is 0 Å². The second-order valence-electron chi connectivity index (χ2n) is 5.67. The molecule has 0 aliphatic rings. The van der Waals surface area contributed by atoms with Crippen LogP contribution in [-0.2, 0) is 21.2 Å². The van der Waals surface area contributed by atoms with E-state index in [0.29, 0.717) is 12.1 Å². The summed E-state index contributed by atoms with van der Waals surface area (Å²) in [7, 11) is -3.74. The molecule has 7 heteroatoms. The van der Waals surface area contributed by atoms with Crippen molar-refractivity contribution in [2.75, 3.05) is 4.72 Å². The van der Waals surface area contributed by atoms with Gasteiger partial charge in [0.25, 0.3) is 10.0 Å². The van der Waals surface area contributed by atoms with Gasteiger partial charge in [0, 0.05) is 16.9 Å². The Morgan fingerprint density at radius 2 is 1.73 bits per heavy atom. The van der Waals surface area contributed by atoms with E-state index in [2.05, 4.69) is 4.72 Å². The second-order valence-corrected chi connectivity index (χ2v) is 8.30. The quantitative estimate of drug-likeness (QED) is 0.635. The van der Waals surface area contributed by atoms with Crippen molar-refractivity contribution in [3.8, 4) is 10.4 Å². The van der Waals surface area contributed by atoms with Gasteiger partial charge >= 0.3 is 5.97 Å². The van der Waals surface area contributed by atoms with Gasteiger partial charge < -0.3 is 5.11 Å². The Hall–Kier alpha value is -2.64. The molecule has 0 saturated carbocycles. The Labute approximate surface area is 156 Å². The van der Waals surface area contributed by atoms with Crippen molar-refractivity contribution < 1.29 is 18.3 Å². The third kappa shape index (κ3) is 4.30. The average molecular weight is 387 g/mol. The first-order valence-electron chi connectivity index (χ1n) is 7.92. The lowest BCUT2D eigenvalue weighted by Gasteiger charge is -2.12. The van der Waals surface area contributed by atoms with E-state index in [4.69, 9.17) is 5.11 Å². The molecule has 0 fully saturated rings. The maximum atomic E-state index is 12.7. The molecule has 1 aromatic heterocycles. The lowest BCUT2D eigenvalue weighted by atomic mass is 10.1. The number of hydrogen-bond acceptors (Lipinski definition) is 4. The van der Waals surface area contributed by atoms with E-state index in [-0.39, 0.29) is 11.3 Å². The van der Waals surface area contributed by atoms with Crippen LogP contribution in [0.2, 0.25) is 0 Å². The number of thiophene rings is 1. The number of para-hydroxylation sites is 1. The zero-order valence-electron chi connectivity index (χ0n) is 13.8. The van der Waals surface area contributed by atoms with Crippen LogP contribution in [0.5, 0.6) is 0 Å². The number of aryl methyl sites for hydroxylation is 1. The van der Waals surface area contributed by atoms with Crippen molar-refractivity contribution in [1.29, 1.82) is 0 Å². The van der Waals surface area contributed by atoms with Crippen LogP contribution >= 0.6 is 11.3 Å². The minimum absolute atomic E-state index is 0.0124. The van der Waals surface area contributed by atoms with E-state index in [1.807, 2.05) is 29.6 Å². The van der Waals surface area contributed by atoms with Crippen LogP contribution in [0.4, 0.5) is 5.69 Å². The molecule has 26 heavy (non-hydrogen) atoms. The van der Waals surface area contributed by atoms with E-state index in [9.17, 15) is 13.2 Å². The minimum Gasteiger partial charge on any atom is -0.481 e. The maximum Gasteiger partial charge on any atom is 0.303 e. The SMILES string of the molecule is O=C(O)CCc1ccc(S(=O)(=O)Nc2ccccc2-c2cccs2)cc1. The van der Waals surface area contributed by atoms with Crippen molar-refractivity contribution >= 4 is 33.0 Å². The van der Waals surface area contributed by atoms with Gasteiger partial charge in [-0.1, -0.05) is 36.4 Å². The summed E-state index contributed by atoms with van der Waals surface area (Å²) >= 11 is 1.54. The van der Waals surface area contributed by atoms with Crippen LogP contribution in [0.25, 0.3) is 10.4 Å². The molecule has 0 atom stereocenters. The van der Waals surface area contributed by atoms with E-state index in [1.165, 1.54) is 23.5 Å². The first-order chi connectivity index (χ1) is 12.5. The van der Waals surface area contributed by atoms with Gasteiger partial charge in [0.05, 0.1) is 10.6 Å². The standard InChI is InChI=1S/C19H17NO4S2/c21-19(22)12-9-14-7-10-15(11-8-14)26(23,24)20-17-5-2-1-4-16(17)18-6-3-13-25-18/h1-8,10-11,13,20H,9,12H2,(H,21,22). The molecule has 2 N–H and O–H groups in total. The molecule has 134 valence electrons. The van der Waals surface area contributed by atoms with Crippen LogP contribution < -0.4 is 4.72 Å². The molecule has 1 heterocycles. The van der Waals surface area contributed by atoms with Crippen LogP contribution in [-0.4, -0.2) is 19.5 Å². The molecule has 0 aliphatic heterocycles. The summed E-state index contributed by atoms with van der Waals surface area (Å²) in [4.78, 5) is 11.7. The molecule has 0 aliphatic carbocycles. The molecule has 0 bridgehead atoms. The van der Waals surface area contributed by atoms with Crippen molar-refractivity contribution in [1.82, 2.24) is 0 Å². The van der Waals surface area contributed by atoms with Gasteiger partial charge in [-0.2, -0.15) is 0 Å². The van der Waals surface area contributed by atoms with Gasteiger partial charge in [0.15, 0.2) is 0 Å². The van der Waals surface area contributed by atoms with Gasteiger partial charge in [0.2, 0.25) is 0 Å². The molecule has 5 nitrogen and oxygen atoms in total. The summed E-state index contributed by atoms with van der Waals surface area (Å²) in [5, 5.41) is 10.7. The number of anilines is 1. The largest absolute Gasteiger partial charge is 0.481 e. The zero-order valence-corrected chi connectivity index (χ0v) is 15.4. The molecule has 0 spiro atoms. The first kappa shape index (κ1) is 18.2. The van der Waals surface area contributed by atoms with Crippen molar-refractivity contribution in [2.45, 2.75) is 17.7 Å². The highest BCUT2D eigenvalue weighted by Gasteiger charge is 2.16. The summed E-state index contributed by atoms with van der Waals surface area (Å²) in [5.74, 6) is -0.881. The Kier molecular flexibility index (Phi) is 5.39. The molecular weight excluding hydrogens is 370 g/mol. The average Bonchev–Trinajstić information content (AvgIpc) is 3.15. The Morgan fingerprint density at radius 3 is 2.38 bits per heavy atom. The van der Waals surface area contributed by atoms with Crippen molar-refractivity contribution in [3.05, 3.63) is 71.6 Å². The lowest BCUT2D eigenvalue weighted by molar-refractivity contribution is -0.136. The van der Waals surface area contributed by atoms with Crippen molar-refractivity contribution in [3.63, 3.8) is 0 Å². The van der Waals surface area contributed by atoms with Gasteiger partial charge in [-0.25, -0.2) is 8.42 Å². The Balaban J connectivity index is 1.83. The molecular formula is C19H17NO4S2. The normalized spacial score (nSPS) is 11.2. The van der Waals surface area contributed by atoms with E-state index in [1.54, 1.807) is 24.3 Å². The Bertz CT molecular complexity index is 994. The summed E-state index contributed by atoms with van der Waals surface area (Å²) in [6.07, 6.45) is 0.378. The smallest absolute Gasteiger partial charge is 0.303 e. The van der Waals surface area contributed by atoms with Gasteiger partial charge in [0.1, 0.15) is 0 Å². The summed E-state index contributed by atoms with van der Waals surface area (Å²) in [6, 6.07) is 17.4. The number of benzene rings is 2. The highest BCUT2D eigenvalue weighted by atomic mass is 32.2. The van der Waals surface area contributed by atoms with E-state index < -0.39 is 16.0 Å². The highest BCUT2D eigenvalue weighted by Crippen LogP contribution is 2.32. The predicted octanol–water partition coefficient (Wildman–Crippen LogP) is 4.23. The topological polar surface area (TPSA) is 83.5 Å². The van der Waals surface area contributed by atoms with Gasteiger partial charge in [-0.05, 0) is 41.6 Å². The van der Waals surface area contributed by atoms with Crippen LogP contribution in [0.15, 0.2) is 70.9 Å². The number of carboxylic acids is 1. The van der Waals surface area contributed by atoms with Gasteiger partial charge in [-0.15, -0.1) is 11.3 Å². The number of nitrogens with one attached hydrogen (secondary N) is 1. The van der Waals surface area contributed by atoms with Crippen LogP contribution in [0.3, 0.4) is 0 Å². The van der Waals surface area contributed by atoms with E-state index >= 15 is 0 Å². The number of rotatable bonds is 7. The molecule has 0 radical (unpaired) electrons.